The van der Waals surface area contributed by atoms with E-state index in [1.807, 2.05) is 0 Å². The Morgan fingerprint density at radius 1 is 1.47 bits per heavy atom. The third-order valence-electron chi connectivity index (χ3n) is 2.08. The van der Waals surface area contributed by atoms with Crippen molar-refractivity contribution in [3.8, 4) is 0 Å². The summed E-state index contributed by atoms with van der Waals surface area (Å²) in [5.41, 5.74) is 7.65. The summed E-state index contributed by atoms with van der Waals surface area (Å²) < 4.78 is 6.57. The van der Waals surface area contributed by atoms with E-state index in [0.29, 0.717) is 19.8 Å². The second-order valence-corrected chi connectivity index (χ2v) is 4.54. The first-order valence-corrected chi connectivity index (χ1v) is 5.75. The highest BCUT2D eigenvalue weighted by Gasteiger charge is 2.03. The van der Waals surface area contributed by atoms with Crippen molar-refractivity contribution in [1.29, 1.82) is 0 Å². The summed E-state index contributed by atoms with van der Waals surface area (Å²) in [7, 11) is 0. The van der Waals surface area contributed by atoms with Gasteiger partial charge in [0, 0.05) is 6.54 Å². The van der Waals surface area contributed by atoms with Crippen LogP contribution in [0.25, 0.3) is 10.2 Å². The summed E-state index contributed by atoms with van der Waals surface area (Å²) in [6, 6.07) is 6.30. The Balaban J connectivity index is 2.16. The number of hydrogen-bond donors (Lipinski definition) is 1. The summed E-state index contributed by atoms with van der Waals surface area (Å²) in [6.45, 7) is 3.79. The van der Waals surface area contributed by atoms with Gasteiger partial charge in [0.2, 0.25) is 0 Å². The summed E-state index contributed by atoms with van der Waals surface area (Å²) in [5.74, 6) is 0. The minimum atomic E-state index is 0.560. The first-order valence-electron chi connectivity index (χ1n) is 4.93. The molecular weight excluding hydrogens is 208 g/mol. The maximum absolute atomic E-state index is 5.35. The molecule has 0 fully saturated rings. The normalized spacial score (nSPS) is 11.1. The Morgan fingerprint density at radius 3 is 3.13 bits per heavy atom. The van der Waals surface area contributed by atoms with Crippen LogP contribution in [0.2, 0.25) is 0 Å². The molecule has 80 valence electrons. The Labute approximate surface area is 92.9 Å². The first kappa shape index (κ1) is 10.5. The van der Waals surface area contributed by atoms with Crippen molar-refractivity contribution in [2.24, 2.45) is 5.73 Å². The molecule has 2 rings (SSSR count). The van der Waals surface area contributed by atoms with Crippen LogP contribution in [0.15, 0.2) is 18.2 Å². The quantitative estimate of drug-likeness (QED) is 0.806. The molecule has 0 unspecified atom stereocenters. The molecule has 1 heterocycles. The lowest BCUT2D eigenvalue weighted by Gasteiger charge is -1.96. The number of hydrogen-bond acceptors (Lipinski definition) is 4. The molecule has 0 spiro atoms. The number of nitrogens with zero attached hydrogens (tertiary/aromatic N) is 1. The average Bonchev–Trinajstić information content (AvgIpc) is 2.60. The molecule has 0 aliphatic rings. The van der Waals surface area contributed by atoms with Gasteiger partial charge in [0.1, 0.15) is 5.01 Å². The number of benzene rings is 1. The number of aryl methyl sites for hydroxylation is 1. The van der Waals surface area contributed by atoms with E-state index in [-0.39, 0.29) is 0 Å². The topological polar surface area (TPSA) is 48.1 Å². The van der Waals surface area contributed by atoms with Gasteiger partial charge in [-0.2, -0.15) is 0 Å². The highest BCUT2D eigenvalue weighted by molar-refractivity contribution is 7.18. The smallest absolute Gasteiger partial charge is 0.120 e. The van der Waals surface area contributed by atoms with Crippen LogP contribution >= 0.6 is 11.3 Å². The van der Waals surface area contributed by atoms with Crippen molar-refractivity contribution in [1.82, 2.24) is 4.98 Å². The van der Waals surface area contributed by atoms with Crippen molar-refractivity contribution >= 4 is 21.6 Å². The molecule has 0 saturated heterocycles. The van der Waals surface area contributed by atoms with E-state index < -0.39 is 0 Å². The largest absolute Gasteiger partial charge is 0.373 e. The van der Waals surface area contributed by atoms with Crippen LogP contribution in [0.3, 0.4) is 0 Å². The molecule has 3 nitrogen and oxygen atoms in total. The Morgan fingerprint density at radius 2 is 2.33 bits per heavy atom. The molecule has 2 aromatic rings. The number of rotatable bonds is 4. The van der Waals surface area contributed by atoms with E-state index in [0.717, 1.165) is 10.5 Å². The van der Waals surface area contributed by atoms with E-state index in [2.05, 4.69) is 30.1 Å². The van der Waals surface area contributed by atoms with E-state index in [4.69, 9.17) is 10.5 Å². The van der Waals surface area contributed by atoms with Crippen molar-refractivity contribution in [3.05, 3.63) is 28.8 Å². The molecular formula is C11H14N2OS. The zero-order valence-corrected chi connectivity index (χ0v) is 9.51. The second-order valence-electron chi connectivity index (χ2n) is 3.42. The maximum Gasteiger partial charge on any atom is 0.120 e. The predicted octanol–water partition coefficient (Wildman–Crippen LogP) is 2.08. The third kappa shape index (κ3) is 2.53. The van der Waals surface area contributed by atoms with Gasteiger partial charge in [0.25, 0.3) is 0 Å². The summed E-state index contributed by atoms with van der Waals surface area (Å²) >= 11 is 1.68. The van der Waals surface area contributed by atoms with Crippen LogP contribution < -0.4 is 5.73 Å². The molecule has 0 saturated carbocycles. The van der Waals surface area contributed by atoms with Crippen molar-refractivity contribution < 1.29 is 4.74 Å². The number of thiazole rings is 1. The highest BCUT2D eigenvalue weighted by Crippen LogP contribution is 2.23. The maximum atomic E-state index is 5.35. The van der Waals surface area contributed by atoms with Crippen LogP contribution in [0, 0.1) is 6.92 Å². The minimum Gasteiger partial charge on any atom is -0.373 e. The second kappa shape index (κ2) is 4.70. The first-order chi connectivity index (χ1) is 7.29. The zero-order valence-electron chi connectivity index (χ0n) is 8.69. The monoisotopic (exact) mass is 222 g/mol. The molecule has 0 atom stereocenters. The number of nitrogens with two attached hydrogens (primary N) is 1. The molecule has 1 aromatic carbocycles. The molecule has 0 aliphatic carbocycles. The molecule has 0 radical (unpaired) electrons. The van der Waals surface area contributed by atoms with Gasteiger partial charge in [-0.05, 0) is 24.6 Å². The fourth-order valence-electron chi connectivity index (χ4n) is 1.39. The SMILES string of the molecule is Cc1ccc2sc(COCCN)nc2c1. The van der Waals surface area contributed by atoms with Gasteiger partial charge in [0.05, 0.1) is 23.4 Å². The fraction of sp³-hybridized carbons (Fsp3) is 0.364. The van der Waals surface area contributed by atoms with Crippen molar-refractivity contribution in [2.75, 3.05) is 13.2 Å². The van der Waals surface area contributed by atoms with Gasteiger partial charge in [-0.25, -0.2) is 4.98 Å². The Bertz CT molecular complexity index is 453. The van der Waals surface area contributed by atoms with Gasteiger partial charge >= 0.3 is 0 Å². The van der Waals surface area contributed by atoms with Crippen LogP contribution in [0.1, 0.15) is 10.6 Å². The Hall–Kier alpha value is -0.970. The van der Waals surface area contributed by atoms with Gasteiger partial charge in [-0.1, -0.05) is 6.07 Å². The average molecular weight is 222 g/mol. The minimum absolute atomic E-state index is 0.560. The predicted molar refractivity (Wildman–Crippen MR) is 63.1 cm³/mol. The van der Waals surface area contributed by atoms with Crippen LogP contribution in [0.4, 0.5) is 0 Å². The molecule has 15 heavy (non-hydrogen) atoms. The van der Waals surface area contributed by atoms with E-state index >= 15 is 0 Å². The molecule has 0 bridgehead atoms. The Kier molecular flexibility index (Phi) is 3.30. The van der Waals surface area contributed by atoms with Crippen LogP contribution in [0.5, 0.6) is 0 Å². The number of ether oxygens (including phenoxy) is 1. The molecule has 1 aromatic heterocycles. The van der Waals surface area contributed by atoms with Gasteiger partial charge in [-0.3, -0.25) is 0 Å². The zero-order chi connectivity index (χ0) is 10.7. The lowest BCUT2D eigenvalue weighted by Crippen LogP contribution is -2.07. The van der Waals surface area contributed by atoms with Crippen molar-refractivity contribution in [2.45, 2.75) is 13.5 Å². The summed E-state index contributed by atoms with van der Waals surface area (Å²) in [5, 5.41) is 1.02. The van der Waals surface area contributed by atoms with E-state index in [1.165, 1.54) is 10.3 Å². The van der Waals surface area contributed by atoms with Crippen molar-refractivity contribution in [3.63, 3.8) is 0 Å². The van der Waals surface area contributed by atoms with Crippen LogP contribution in [-0.4, -0.2) is 18.1 Å². The molecule has 4 heteroatoms. The molecule has 0 aliphatic heterocycles. The fourth-order valence-corrected chi connectivity index (χ4v) is 2.28. The summed E-state index contributed by atoms with van der Waals surface area (Å²) in [4.78, 5) is 4.50. The highest BCUT2D eigenvalue weighted by atomic mass is 32.1. The van der Waals surface area contributed by atoms with Gasteiger partial charge in [0.15, 0.2) is 0 Å². The van der Waals surface area contributed by atoms with Crippen LogP contribution in [-0.2, 0) is 11.3 Å². The lowest BCUT2D eigenvalue weighted by molar-refractivity contribution is 0.128. The number of fused-ring (bicyclic) bond motifs is 1. The standard InChI is InChI=1S/C11H14N2OS/c1-8-2-3-10-9(6-8)13-11(15-10)7-14-5-4-12/h2-3,6H,4-5,7,12H2,1H3. The van der Waals surface area contributed by atoms with Gasteiger partial charge < -0.3 is 10.5 Å². The van der Waals surface area contributed by atoms with E-state index in [1.54, 1.807) is 11.3 Å². The number of aromatic nitrogens is 1. The molecule has 0 amide bonds. The summed E-state index contributed by atoms with van der Waals surface area (Å²) in [6.07, 6.45) is 0. The molecule has 2 N–H and O–H groups in total. The lowest BCUT2D eigenvalue weighted by atomic mass is 10.2. The van der Waals surface area contributed by atoms with E-state index in [9.17, 15) is 0 Å². The van der Waals surface area contributed by atoms with Gasteiger partial charge in [-0.15, -0.1) is 11.3 Å². The third-order valence-corrected chi connectivity index (χ3v) is 3.08.